The standard InChI is InChI=1S/C25H34O6/c1-7-12(2)22(29)31-21-13(3)10-24-14(4)8-17-18(23(17,5)6)16(20(24)28)9-15(11-26)19(27)25(21,24)30/h7,9-10,14,16-19,21,26-27,30H,8,11H2,1-6H3/b12-7-/t14-,16?,17?,18+,19-,21+,24+,25+/m1/s1. The summed E-state index contributed by atoms with van der Waals surface area (Å²) in [6.45, 7) is 10.8. The van der Waals surface area contributed by atoms with Gasteiger partial charge in [0.25, 0.3) is 0 Å². The maximum absolute atomic E-state index is 14.2. The topological polar surface area (TPSA) is 104 Å². The molecule has 0 aromatic rings. The zero-order valence-corrected chi connectivity index (χ0v) is 19.2. The molecule has 2 unspecified atom stereocenters. The molecule has 0 aromatic carbocycles. The number of carbonyl (C=O) groups excluding carboxylic acids is 2. The van der Waals surface area contributed by atoms with Crippen molar-refractivity contribution < 1.29 is 29.6 Å². The highest BCUT2D eigenvalue weighted by Crippen LogP contribution is 2.71. The highest BCUT2D eigenvalue weighted by molar-refractivity contribution is 5.96. The lowest BCUT2D eigenvalue weighted by atomic mass is 9.59. The van der Waals surface area contributed by atoms with Gasteiger partial charge in [0, 0.05) is 11.5 Å². The fourth-order valence-electron chi connectivity index (χ4n) is 6.91. The summed E-state index contributed by atoms with van der Waals surface area (Å²) in [5.41, 5.74) is -2.36. The number of carbonyl (C=O) groups is 2. The van der Waals surface area contributed by atoms with Crippen LogP contribution in [0.2, 0.25) is 0 Å². The van der Waals surface area contributed by atoms with E-state index in [9.17, 15) is 24.9 Å². The van der Waals surface area contributed by atoms with Crippen LogP contribution in [0.25, 0.3) is 0 Å². The summed E-state index contributed by atoms with van der Waals surface area (Å²) in [4.78, 5) is 26.8. The number of Topliss-reactive ketones (excluding diaryl/α,β-unsaturated/α-hetero) is 1. The van der Waals surface area contributed by atoms with E-state index in [1.54, 1.807) is 39.0 Å². The van der Waals surface area contributed by atoms with Gasteiger partial charge >= 0.3 is 5.97 Å². The normalized spacial score (nSPS) is 45.6. The Kier molecular flexibility index (Phi) is 4.97. The average Bonchev–Trinajstić information content (AvgIpc) is 3.21. The molecule has 2 saturated carbocycles. The van der Waals surface area contributed by atoms with Crippen LogP contribution in [0.5, 0.6) is 0 Å². The highest BCUT2D eigenvalue weighted by Gasteiger charge is 2.76. The van der Waals surface area contributed by atoms with Crippen molar-refractivity contribution in [3.63, 3.8) is 0 Å². The lowest BCUT2D eigenvalue weighted by Gasteiger charge is -2.48. The first-order valence-electron chi connectivity index (χ1n) is 11.2. The smallest absolute Gasteiger partial charge is 0.334 e. The van der Waals surface area contributed by atoms with Gasteiger partial charge in [-0.2, -0.15) is 0 Å². The van der Waals surface area contributed by atoms with Crippen LogP contribution in [0.4, 0.5) is 0 Å². The third kappa shape index (κ3) is 2.61. The summed E-state index contributed by atoms with van der Waals surface area (Å²) in [5, 5.41) is 33.7. The van der Waals surface area contributed by atoms with Gasteiger partial charge in [-0.05, 0) is 61.5 Å². The molecule has 0 heterocycles. The molecule has 0 saturated heterocycles. The number of ether oxygens (including phenoxy) is 1. The Morgan fingerprint density at radius 2 is 2.00 bits per heavy atom. The minimum atomic E-state index is -2.08. The molecule has 31 heavy (non-hydrogen) atoms. The molecule has 2 bridgehead atoms. The maximum Gasteiger partial charge on any atom is 0.334 e. The van der Waals surface area contributed by atoms with Crippen LogP contribution < -0.4 is 0 Å². The molecule has 0 radical (unpaired) electrons. The fraction of sp³-hybridized carbons (Fsp3) is 0.680. The van der Waals surface area contributed by atoms with Gasteiger partial charge in [0.1, 0.15) is 6.10 Å². The van der Waals surface area contributed by atoms with E-state index in [2.05, 4.69) is 13.8 Å². The van der Waals surface area contributed by atoms with Gasteiger partial charge in [-0.1, -0.05) is 39.0 Å². The number of fused-ring (bicyclic) bond motifs is 3. The van der Waals surface area contributed by atoms with E-state index < -0.39 is 41.7 Å². The van der Waals surface area contributed by atoms with Crippen LogP contribution in [0.15, 0.2) is 34.9 Å². The molecular formula is C25H34O6. The first-order valence-corrected chi connectivity index (χ1v) is 11.2. The van der Waals surface area contributed by atoms with E-state index >= 15 is 0 Å². The maximum atomic E-state index is 14.2. The quantitative estimate of drug-likeness (QED) is 0.361. The number of rotatable bonds is 3. The van der Waals surface area contributed by atoms with Gasteiger partial charge in [0.05, 0.1) is 12.0 Å². The Bertz CT molecular complexity index is 926. The number of hydrogen-bond donors (Lipinski definition) is 3. The molecule has 4 aliphatic carbocycles. The van der Waals surface area contributed by atoms with Crippen molar-refractivity contribution in [3.05, 3.63) is 34.9 Å². The molecule has 1 spiro atoms. The summed E-state index contributed by atoms with van der Waals surface area (Å²) in [6, 6.07) is 0. The minimum absolute atomic E-state index is 0.0209. The number of ketones is 1. The van der Waals surface area contributed by atoms with Gasteiger partial charge in [-0.15, -0.1) is 0 Å². The number of aliphatic hydroxyl groups excluding tert-OH is 2. The summed E-state index contributed by atoms with van der Waals surface area (Å²) in [6.07, 6.45) is 3.04. The Balaban J connectivity index is 1.91. The largest absolute Gasteiger partial charge is 0.451 e. The van der Waals surface area contributed by atoms with Gasteiger partial charge in [-0.25, -0.2) is 4.79 Å². The zero-order valence-electron chi connectivity index (χ0n) is 19.2. The molecule has 6 heteroatoms. The van der Waals surface area contributed by atoms with Crippen LogP contribution in [0, 0.1) is 34.5 Å². The summed E-state index contributed by atoms with van der Waals surface area (Å²) in [7, 11) is 0. The molecule has 8 atom stereocenters. The second-order valence-corrected chi connectivity index (χ2v) is 10.6. The second kappa shape index (κ2) is 6.87. The van der Waals surface area contributed by atoms with Crippen molar-refractivity contribution in [1.82, 2.24) is 0 Å². The summed E-state index contributed by atoms with van der Waals surface area (Å²) >= 11 is 0. The first kappa shape index (κ1) is 22.4. The van der Waals surface area contributed by atoms with Crippen molar-refractivity contribution in [2.45, 2.75) is 65.8 Å². The van der Waals surface area contributed by atoms with Gasteiger partial charge in [0.15, 0.2) is 17.5 Å². The Labute approximate surface area is 183 Å². The Hall–Kier alpha value is -1.76. The van der Waals surface area contributed by atoms with Crippen molar-refractivity contribution >= 4 is 11.8 Å². The molecule has 0 aliphatic heterocycles. The van der Waals surface area contributed by atoms with Crippen LogP contribution in [0.1, 0.15) is 48.0 Å². The predicted molar refractivity (Wildman–Crippen MR) is 115 cm³/mol. The van der Waals surface area contributed by atoms with Crippen molar-refractivity contribution in [2.24, 2.45) is 34.5 Å². The van der Waals surface area contributed by atoms with Crippen LogP contribution in [0.3, 0.4) is 0 Å². The molecule has 170 valence electrons. The number of hydrogen-bond acceptors (Lipinski definition) is 6. The van der Waals surface area contributed by atoms with E-state index in [4.69, 9.17) is 4.74 Å². The second-order valence-electron chi connectivity index (χ2n) is 10.6. The van der Waals surface area contributed by atoms with Crippen LogP contribution in [-0.2, 0) is 14.3 Å². The average molecular weight is 431 g/mol. The zero-order chi connectivity index (χ0) is 23.1. The van der Waals surface area contributed by atoms with Crippen LogP contribution >= 0.6 is 0 Å². The first-order chi connectivity index (χ1) is 14.4. The fourth-order valence-corrected chi connectivity index (χ4v) is 6.91. The molecule has 0 aromatic heterocycles. The molecule has 3 N–H and O–H groups in total. The van der Waals surface area contributed by atoms with Crippen molar-refractivity contribution in [2.75, 3.05) is 6.61 Å². The lowest BCUT2D eigenvalue weighted by Crippen LogP contribution is -2.65. The van der Waals surface area contributed by atoms with E-state index in [0.29, 0.717) is 17.1 Å². The van der Waals surface area contributed by atoms with Gasteiger partial charge in [-0.3, -0.25) is 4.79 Å². The van der Waals surface area contributed by atoms with E-state index in [-0.39, 0.29) is 28.6 Å². The van der Waals surface area contributed by atoms with E-state index in [1.165, 1.54) is 0 Å². The SMILES string of the molecule is C/C=C(/C)C(=O)O[C@H]1C(C)=C[C@]23C(=O)C(C=C(CO)[C@@H](O)[C@]12O)[C@H]1C(C[C@H]3C)C1(C)C. The third-order valence-electron chi connectivity index (χ3n) is 8.88. The summed E-state index contributed by atoms with van der Waals surface area (Å²) in [5.74, 6) is -1.13. The van der Waals surface area contributed by atoms with Crippen molar-refractivity contribution in [3.8, 4) is 0 Å². The van der Waals surface area contributed by atoms with Crippen LogP contribution in [-0.4, -0.2) is 51.5 Å². The molecule has 2 fully saturated rings. The Morgan fingerprint density at radius 1 is 1.35 bits per heavy atom. The summed E-state index contributed by atoms with van der Waals surface area (Å²) < 4.78 is 5.72. The monoisotopic (exact) mass is 430 g/mol. The molecule has 0 amide bonds. The van der Waals surface area contributed by atoms with Crippen molar-refractivity contribution in [1.29, 1.82) is 0 Å². The number of esters is 1. The molecule has 4 rings (SSSR count). The van der Waals surface area contributed by atoms with Gasteiger partial charge < -0.3 is 20.1 Å². The third-order valence-corrected chi connectivity index (χ3v) is 8.88. The lowest BCUT2D eigenvalue weighted by molar-refractivity contribution is -0.201. The molecular weight excluding hydrogens is 396 g/mol. The Morgan fingerprint density at radius 3 is 2.58 bits per heavy atom. The number of aliphatic hydroxyl groups is 3. The van der Waals surface area contributed by atoms with E-state index in [1.807, 2.05) is 6.92 Å². The highest BCUT2D eigenvalue weighted by atomic mass is 16.6. The van der Waals surface area contributed by atoms with E-state index in [0.717, 1.165) is 6.42 Å². The minimum Gasteiger partial charge on any atom is -0.451 e. The molecule has 6 nitrogen and oxygen atoms in total. The number of allylic oxidation sites excluding steroid dienone is 2. The van der Waals surface area contributed by atoms with Gasteiger partial charge in [0.2, 0.25) is 0 Å². The predicted octanol–water partition coefficient (Wildman–Crippen LogP) is 2.33. The molecule has 4 aliphatic rings.